The van der Waals surface area contributed by atoms with E-state index in [4.69, 9.17) is 4.74 Å². The van der Waals surface area contributed by atoms with E-state index in [1.54, 1.807) is 12.1 Å². The Kier molecular flexibility index (Phi) is 7.21. The summed E-state index contributed by atoms with van der Waals surface area (Å²) in [6.45, 7) is 1.89. The first-order chi connectivity index (χ1) is 18.2. The number of hydrogen-bond acceptors (Lipinski definition) is 3. The molecule has 3 aromatic carbocycles. The Morgan fingerprint density at radius 1 is 0.868 bits per heavy atom. The lowest BCUT2D eigenvalue weighted by molar-refractivity contribution is -0.938. The number of piperidine rings is 3. The fourth-order valence-corrected chi connectivity index (χ4v) is 5.59. The van der Waals surface area contributed by atoms with E-state index in [0.29, 0.717) is 16.6 Å². The van der Waals surface area contributed by atoms with Gasteiger partial charge in [-0.3, -0.25) is 9.69 Å². The molecule has 38 heavy (non-hydrogen) atoms. The first-order valence-corrected chi connectivity index (χ1v) is 12.5. The van der Waals surface area contributed by atoms with Gasteiger partial charge in [0.25, 0.3) is 0 Å². The maximum atomic E-state index is 14.7. The van der Waals surface area contributed by atoms with Crippen LogP contribution in [0.1, 0.15) is 28.8 Å². The predicted octanol–water partition coefficient (Wildman–Crippen LogP) is 5.88. The molecule has 3 fully saturated rings. The van der Waals surface area contributed by atoms with Gasteiger partial charge < -0.3 is 9.22 Å². The van der Waals surface area contributed by atoms with Crippen LogP contribution in [0.4, 0.5) is 28.0 Å². The smallest absolute Gasteiger partial charge is 0.415 e. The number of amides is 1. The Morgan fingerprint density at radius 3 is 2.16 bits per heavy atom. The summed E-state index contributed by atoms with van der Waals surface area (Å²) in [5.41, 5.74) is 0.435. The van der Waals surface area contributed by atoms with Crippen LogP contribution in [-0.4, -0.2) is 48.6 Å². The van der Waals surface area contributed by atoms with E-state index < -0.39 is 42.0 Å². The fourth-order valence-electron chi connectivity index (χ4n) is 5.59. The topological polar surface area (TPSA) is 46.6 Å². The van der Waals surface area contributed by atoms with E-state index in [2.05, 4.69) is 0 Å². The number of rotatable bonds is 7. The van der Waals surface area contributed by atoms with E-state index >= 15 is 0 Å². The van der Waals surface area contributed by atoms with Gasteiger partial charge in [0.15, 0.2) is 23.6 Å². The lowest BCUT2D eigenvalue weighted by atomic mass is 9.83. The number of carbonyl (C=O) groups is 2. The predicted molar refractivity (Wildman–Crippen MR) is 132 cm³/mol. The molecule has 3 aliphatic heterocycles. The number of ether oxygens (including phenoxy) is 1. The van der Waals surface area contributed by atoms with Crippen LogP contribution in [0.25, 0.3) is 0 Å². The van der Waals surface area contributed by atoms with Crippen molar-refractivity contribution in [1.82, 2.24) is 0 Å². The van der Waals surface area contributed by atoms with Gasteiger partial charge in [-0.1, -0.05) is 42.5 Å². The zero-order chi connectivity index (χ0) is 26.9. The van der Waals surface area contributed by atoms with Crippen molar-refractivity contribution in [2.24, 2.45) is 5.92 Å². The molecular formula is C29H27F4N2O3+. The molecule has 0 N–H and O–H groups in total. The minimum absolute atomic E-state index is 0.0179. The molecule has 3 aromatic rings. The summed E-state index contributed by atoms with van der Waals surface area (Å²) in [7, 11) is 0. The molecule has 3 heterocycles. The zero-order valence-corrected chi connectivity index (χ0v) is 20.6. The highest BCUT2D eigenvalue weighted by Gasteiger charge is 2.49. The summed E-state index contributed by atoms with van der Waals surface area (Å²) in [4.78, 5) is 27.4. The molecule has 1 atom stereocenters. The van der Waals surface area contributed by atoms with E-state index in [0.717, 1.165) is 49.0 Å². The van der Waals surface area contributed by atoms with E-state index in [9.17, 15) is 27.2 Å². The second-order valence-electron chi connectivity index (χ2n) is 10.1. The highest BCUT2D eigenvalue weighted by atomic mass is 19.2. The van der Waals surface area contributed by atoms with Gasteiger partial charge in [-0.15, -0.1) is 0 Å². The van der Waals surface area contributed by atoms with Gasteiger partial charge >= 0.3 is 6.09 Å². The molecule has 5 nitrogen and oxygen atoms in total. The largest absolute Gasteiger partial charge is 0.440 e. The van der Waals surface area contributed by atoms with Crippen molar-refractivity contribution in [3.63, 3.8) is 0 Å². The molecular weight excluding hydrogens is 500 g/mol. The summed E-state index contributed by atoms with van der Waals surface area (Å²) in [6.07, 6.45) is 0.151. The summed E-state index contributed by atoms with van der Waals surface area (Å²) in [5.74, 6) is -5.06. The van der Waals surface area contributed by atoms with Gasteiger partial charge in [0.2, 0.25) is 5.78 Å². The Bertz CT molecular complexity index is 1320. The number of quaternary nitrogens is 1. The average Bonchev–Trinajstić information content (AvgIpc) is 2.91. The van der Waals surface area contributed by atoms with Crippen LogP contribution in [-0.2, 0) is 11.3 Å². The summed E-state index contributed by atoms with van der Waals surface area (Å²) in [5, 5.41) is 0. The Labute approximate surface area is 217 Å². The third kappa shape index (κ3) is 5.29. The Hall–Kier alpha value is -3.72. The average molecular weight is 528 g/mol. The molecule has 0 aliphatic carbocycles. The van der Waals surface area contributed by atoms with Crippen LogP contribution in [0.2, 0.25) is 0 Å². The third-order valence-electron chi connectivity index (χ3n) is 7.62. The normalized spacial score (nSPS) is 22.2. The minimum atomic E-state index is -1.62. The van der Waals surface area contributed by atoms with E-state index in [1.807, 2.05) is 18.2 Å². The van der Waals surface area contributed by atoms with Gasteiger partial charge in [0, 0.05) is 24.3 Å². The molecule has 6 rings (SSSR count). The highest BCUT2D eigenvalue weighted by Crippen LogP contribution is 2.36. The zero-order valence-electron chi connectivity index (χ0n) is 20.6. The molecule has 3 saturated heterocycles. The molecule has 0 unspecified atom stereocenters. The van der Waals surface area contributed by atoms with Gasteiger partial charge in [0.05, 0.1) is 25.3 Å². The van der Waals surface area contributed by atoms with Crippen LogP contribution in [0, 0.1) is 29.2 Å². The number of carbonyl (C=O) groups excluding carboxylic acids is 2. The summed E-state index contributed by atoms with van der Waals surface area (Å²) >= 11 is 0. The number of fused-ring (bicyclic) bond motifs is 3. The van der Waals surface area contributed by atoms with E-state index in [-0.39, 0.29) is 29.5 Å². The molecule has 0 radical (unpaired) electrons. The number of benzene rings is 3. The van der Waals surface area contributed by atoms with Gasteiger partial charge in [0.1, 0.15) is 18.9 Å². The van der Waals surface area contributed by atoms with Crippen molar-refractivity contribution in [3.05, 3.63) is 101 Å². The third-order valence-corrected chi connectivity index (χ3v) is 7.62. The number of halogens is 4. The van der Waals surface area contributed by atoms with Crippen LogP contribution in [0.15, 0.2) is 66.7 Å². The fraction of sp³-hybridized carbons (Fsp3) is 0.310. The molecule has 198 valence electrons. The SMILES string of the molecule is O=C(C[N+]12CCC(CC1)[C@@H](OC(=O)N(Cc1cc(F)c(F)c(F)c1)c1ccccc1F)C2)c1ccccc1. The Morgan fingerprint density at radius 2 is 1.50 bits per heavy atom. The highest BCUT2D eigenvalue weighted by molar-refractivity contribution is 5.97. The first kappa shape index (κ1) is 25.9. The maximum Gasteiger partial charge on any atom is 0.415 e. The number of nitrogens with zero attached hydrogens (tertiary/aromatic N) is 2. The standard InChI is InChI=1S/C29H27F4N2O3/c30-22-8-4-5-9-25(22)34(16-19-14-23(31)28(33)24(32)15-19)29(37)38-27-18-35(12-10-21(27)11-13-35)17-26(36)20-6-2-1-3-7-20/h1-9,14-15,21,27H,10-13,16-18H2/q+1/t21?,27-,35?/m0/s1. The van der Waals surface area contributed by atoms with Crippen molar-refractivity contribution < 1.29 is 36.4 Å². The lowest BCUT2D eigenvalue weighted by Gasteiger charge is -2.51. The number of ketones is 1. The number of anilines is 1. The number of Topliss-reactive ketones (excluding diaryl/α,β-unsaturated/α-hetero) is 1. The van der Waals surface area contributed by atoms with Crippen LogP contribution in [0.3, 0.4) is 0 Å². The molecule has 3 aliphatic rings. The van der Waals surface area contributed by atoms with Crippen molar-refractivity contribution in [3.8, 4) is 0 Å². The number of para-hydroxylation sites is 1. The van der Waals surface area contributed by atoms with Crippen molar-refractivity contribution in [2.45, 2.75) is 25.5 Å². The molecule has 2 bridgehead atoms. The molecule has 0 spiro atoms. The summed E-state index contributed by atoms with van der Waals surface area (Å²) in [6, 6.07) is 16.1. The van der Waals surface area contributed by atoms with Crippen LogP contribution < -0.4 is 4.90 Å². The van der Waals surface area contributed by atoms with Gasteiger partial charge in [-0.2, -0.15) is 0 Å². The number of hydrogen-bond donors (Lipinski definition) is 0. The van der Waals surface area contributed by atoms with Crippen molar-refractivity contribution in [1.29, 1.82) is 0 Å². The second kappa shape index (κ2) is 10.6. The second-order valence-corrected chi connectivity index (χ2v) is 10.1. The van der Waals surface area contributed by atoms with E-state index in [1.165, 1.54) is 18.2 Å². The Balaban J connectivity index is 1.36. The summed E-state index contributed by atoms with van der Waals surface area (Å²) < 4.78 is 62.3. The van der Waals surface area contributed by atoms with Crippen LogP contribution in [0.5, 0.6) is 0 Å². The molecule has 0 aromatic heterocycles. The quantitative estimate of drug-likeness (QED) is 0.167. The molecule has 1 amide bonds. The monoisotopic (exact) mass is 527 g/mol. The van der Waals surface area contributed by atoms with Crippen LogP contribution >= 0.6 is 0 Å². The maximum absolute atomic E-state index is 14.7. The molecule has 0 saturated carbocycles. The minimum Gasteiger partial charge on any atom is -0.440 e. The first-order valence-electron chi connectivity index (χ1n) is 12.5. The molecule has 9 heteroatoms. The van der Waals surface area contributed by atoms with Gasteiger partial charge in [-0.25, -0.2) is 22.4 Å². The van der Waals surface area contributed by atoms with Crippen molar-refractivity contribution >= 4 is 17.6 Å². The van der Waals surface area contributed by atoms with Crippen molar-refractivity contribution in [2.75, 3.05) is 31.1 Å². The lowest BCUT2D eigenvalue weighted by Crippen LogP contribution is -2.66. The van der Waals surface area contributed by atoms with Gasteiger partial charge in [-0.05, 0) is 29.8 Å².